The Bertz CT molecular complexity index is 577. The van der Waals surface area contributed by atoms with Gasteiger partial charge in [-0.3, -0.25) is 14.5 Å². The Morgan fingerprint density at radius 2 is 2.04 bits per heavy atom. The molecule has 26 heavy (non-hydrogen) atoms. The fraction of sp³-hybridized carbons (Fsp3) is 0.600. The van der Waals surface area contributed by atoms with Crippen LogP contribution >= 0.6 is 11.8 Å². The van der Waals surface area contributed by atoms with Crippen molar-refractivity contribution in [1.29, 1.82) is 0 Å². The Labute approximate surface area is 161 Å². The largest absolute Gasteiger partial charge is 0.369 e. The lowest BCUT2D eigenvalue weighted by molar-refractivity contribution is -0.123. The lowest BCUT2D eigenvalue weighted by atomic mass is 9.97. The molecule has 2 amide bonds. The third-order valence-electron chi connectivity index (χ3n) is 4.67. The molecule has 6 heteroatoms. The molecule has 0 bridgehead atoms. The molecule has 1 heterocycles. The SMILES string of the molecule is CCCCSCCC(=O)Nc1ccc(CN2CCCC(C(N)=O)C2)cc1. The molecule has 1 aliphatic heterocycles. The summed E-state index contributed by atoms with van der Waals surface area (Å²) in [5, 5.41) is 2.96. The molecule has 1 saturated heterocycles. The third kappa shape index (κ3) is 7.38. The molecule has 0 saturated carbocycles. The first kappa shape index (κ1) is 20.8. The molecule has 1 aromatic rings. The van der Waals surface area contributed by atoms with Gasteiger partial charge in [-0.1, -0.05) is 25.5 Å². The van der Waals surface area contributed by atoms with Crippen molar-refractivity contribution >= 4 is 29.3 Å². The molecule has 1 aliphatic rings. The Morgan fingerprint density at radius 1 is 1.27 bits per heavy atom. The number of nitrogens with two attached hydrogens (primary N) is 1. The van der Waals surface area contributed by atoms with E-state index in [1.165, 1.54) is 18.4 Å². The number of anilines is 1. The topological polar surface area (TPSA) is 75.4 Å². The maximum Gasteiger partial charge on any atom is 0.225 e. The summed E-state index contributed by atoms with van der Waals surface area (Å²) >= 11 is 1.84. The van der Waals surface area contributed by atoms with E-state index in [0.717, 1.165) is 49.7 Å². The van der Waals surface area contributed by atoms with Gasteiger partial charge in [-0.25, -0.2) is 0 Å². The second kappa shape index (κ2) is 11.2. The summed E-state index contributed by atoms with van der Waals surface area (Å²) in [5.74, 6) is 1.85. The van der Waals surface area contributed by atoms with E-state index in [1.54, 1.807) is 0 Å². The lowest BCUT2D eigenvalue weighted by Gasteiger charge is -2.31. The van der Waals surface area contributed by atoms with E-state index in [1.807, 2.05) is 36.0 Å². The van der Waals surface area contributed by atoms with E-state index in [0.29, 0.717) is 6.42 Å². The van der Waals surface area contributed by atoms with Gasteiger partial charge in [0.2, 0.25) is 11.8 Å². The van der Waals surface area contributed by atoms with E-state index >= 15 is 0 Å². The number of nitrogens with zero attached hydrogens (tertiary/aromatic N) is 1. The average molecular weight is 378 g/mol. The molecule has 1 atom stereocenters. The second-order valence-electron chi connectivity index (χ2n) is 6.94. The predicted octanol–water partition coefficient (Wildman–Crippen LogP) is 3.25. The monoisotopic (exact) mass is 377 g/mol. The summed E-state index contributed by atoms with van der Waals surface area (Å²) in [5.41, 5.74) is 7.46. The molecule has 1 unspecified atom stereocenters. The molecule has 0 spiro atoms. The van der Waals surface area contributed by atoms with Crippen molar-refractivity contribution in [3.8, 4) is 0 Å². The standard InChI is InChI=1S/C20H31N3O2S/c1-2-3-12-26-13-10-19(24)22-18-8-6-16(7-9-18)14-23-11-4-5-17(15-23)20(21)25/h6-9,17H,2-5,10-15H2,1H3,(H2,21,25)(H,22,24). The molecule has 0 aromatic heterocycles. The number of amides is 2. The minimum Gasteiger partial charge on any atom is -0.369 e. The smallest absolute Gasteiger partial charge is 0.225 e. The van der Waals surface area contributed by atoms with Crippen LogP contribution in [0.4, 0.5) is 5.69 Å². The first-order chi connectivity index (χ1) is 12.6. The highest BCUT2D eigenvalue weighted by atomic mass is 32.2. The third-order valence-corrected chi connectivity index (χ3v) is 5.74. The normalized spacial score (nSPS) is 17.8. The van der Waals surface area contributed by atoms with E-state index in [4.69, 9.17) is 5.73 Å². The number of primary amides is 1. The van der Waals surface area contributed by atoms with Crippen LogP contribution in [0, 0.1) is 5.92 Å². The summed E-state index contributed by atoms with van der Waals surface area (Å²) < 4.78 is 0. The number of hydrogen-bond acceptors (Lipinski definition) is 4. The zero-order valence-electron chi connectivity index (χ0n) is 15.7. The van der Waals surface area contributed by atoms with Crippen LogP contribution in [0.5, 0.6) is 0 Å². The Morgan fingerprint density at radius 3 is 2.73 bits per heavy atom. The van der Waals surface area contributed by atoms with Crippen molar-refractivity contribution in [2.75, 3.05) is 29.9 Å². The summed E-state index contributed by atoms with van der Waals surface area (Å²) in [6.07, 6.45) is 4.88. The van der Waals surface area contributed by atoms with Crippen LogP contribution < -0.4 is 11.1 Å². The van der Waals surface area contributed by atoms with Gasteiger partial charge in [-0.15, -0.1) is 0 Å². The van der Waals surface area contributed by atoms with Crippen LogP contribution in [0.2, 0.25) is 0 Å². The summed E-state index contributed by atoms with van der Waals surface area (Å²) in [7, 11) is 0. The van der Waals surface area contributed by atoms with Crippen LogP contribution in [-0.4, -0.2) is 41.3 Å². The molecule has 5 nitrogen and oxygen atoms in total. The van der Waals surface area contributed by atoms with Gasteiger partial charge >= 0.3 is 0 Å². The second-order valence-corrected chi connectivity index (χ2v) is 8.16. The van der Waals surface area contributed by atoms with Gasteiger partial charge in [0, 0.05) is 31.0 Å². The maximum absolute atomic E-state index is 12.0. The van der Waals surface area contributed by atoms with Crippen molar-refractivity contribution in [3.63, 3.8) is 0 Å². The van der Waals surface area contributed by atoms with Crippen molar-refractivity contribution < 1.29 is 9.59 Å². The number of carbonyl (C=O) groups is 2. The molecule has 1 aromatic carbocycles. The number of nitrogens with one attached hydrogen (secondary N) is 1. The van der Waals surface area contributed by atoms with Crippen molar-refractivity contribution in [2.45, 2.75) is 45.6 Å². The predicted molar refractivity (Wildman–Crippen MR) is 109 cm³/mol. The molecule has 2 rings (SSSR count). The molecule has 0 aliphatic carbocycles. The van der Waals surface area contributed by atoms with Crippen LogP contribution in [0.1, 0.15) is 44.6 Å². The number of hydrogen-bond donors (Lipinski definition) is 2. The average Bonchev–Trinajstić information content (AvgIpc) is 2.63. The van der Waals surface area contributed by atoms with Crippen LogP contribution in [-0.2, 0) is 16.1 Å². The number of carbonyl (C=O) groups excluding carboxylic acids is 2. The first-order valence-electron chi connectivity index (χ1n) is 9.56. The number of unbranched alkanes of at least 4 members (excludes halogenated alkanes) is 1. The highest BCUT2D eigenvalue weighted by molar-refractivity contribution is 7.99. The summed E-state index contributed by atoms with van der Waals surface area (Å²) in [4.78, 5) is 25.6. The van der Waals surface area contributed by atoms with E-state index in [9.17, 15) is 9.59 Å². The number of benzene rings is 1. The minimum atomic E-state index is -0.194. The molecule has 3 N–H and O–H groups in total. The fourth-order valence-corrected chi connectivity index (χ4v) is 4.15. The molecule has 1 fully saturated rings. The van der Waals surface area contributed by atoms with Crippen LogP contribution in [0.25, 0.3) is 0 Å². The van der Waals surface area contributed by atoms with Crippen molar-refractivity contribution in [3.05, 3.63) is 29.8 Å². The molecule has 0 radical (unpaired) electrons. The minimum absolute atomic E-state index is 0.0301. The van der Waals surface area contributed by atoms with Gasteiger partial charge in [0.05, 0.1) is 5.92 Å². The van der Waals surface area contributed by atoms with Gasteiger partial charge in [0.25, 0.3) is 0 Å². The van der Waals surface area contributed by atoms with Crippen molar-refractivity contribution in [2.24, 2.45) is 11.7 Å². The highest BCUT2D eigenvalue weighted by Crippen LogP contribution is 2.19. The number of piperidine rings is 1. The van der Waals surface area contributed by atoms with Gasteiger partial charge in [-0.2, -0.15) is 11.8 Å². The molecule has 144 valence electrons. The van der Waals surface area contributed by atoms with Gasteiger partial charge in [-0.05, 0) is 49.3 Å². The van der Waals surface area contributed by atoms with E-state index in [-0.39, 0.29) is 17.7 Å². The number of thioether (sulfide) groups is 1. The first-order valence-corrected chi connectivity index (χ1v) is 10.7. The molecular weight excluding hydrogens is 346 g/mol. The zero-order valence-corrected chi connectivity index (χ0v) is 16.5. The Kier molecular flexibility index (Phi) is 8.98. The van der Waals surface area contributed by atoms with E-state index < -0.39 is 0 Å². The van der Waals surface area contributed by atoms with E-state index in [2.05, 4.69) is 17.1 Å². The molecular formula is C20H31N3O2S. The van der Waals surface area contributed by atoms with Crippen LogP contribution in [0.15, 0.2) is 24.3 Å². The van der Waals surface area contributed by atoms with Crippen LogP contribution in [0.3, 0.4) is 0 Å². The maximum atomic E-state index is 12.0. The van der Waals surface area contributed by atoms with Gasteiger partial charge in [0.15, 0.2) is 0 Å². The fourth-order valence-electron chi connectivity index (χ4n) is 3.12. The summed E-state index contributed by atoms with van der Waals surface area (Å²) in [6.45, 7) is 4.73. The number of likely N-dealkylation sites (tertiary alicyclic amines) is 1. The summed E-state index contributed by atoms with van der Waals surface area (Å²) in [6, 6.07) is 7.99. The van der Waals surface area contributed by atoms with Crippen molar-refractivity contribution in [1.82, 2.24) is 4.90 Å². The quantitative estimate of drug-likeness (QED) is 0.614. The highest BCUT2D eigenvalue weighted by Gasteiger charge is 2.23. The number of rotatable bonds is 10. The lowest BCUT2D eigenvalue weighted by Crippen LogP contribution is -2.40. The Balaban J connectivity index is 1.73. The van der Waals surface area contributed by atoms with Gasteiger partial charge in [0.1, 0.15) is 0 Å². The zero-order chi connectivity index (χ0) is 18.8. The van der Waals surface area contributed by atoms with Gasteiger partial charge < -0.3 is 11.1 Å². The Hall–Kier alpha value is -1.53.